The molecule has 0 bridgehead atoms. The largest absolute Gasteiger partial charge is 0.339 e. The Morgan fingerprint density at radius 3 is 2.67 bits per heavy atom. The first-order chi connectivity index (χ1) is 8.77. The van der Waals surface area contributed by atoms with Gasteiger partial charge in [0.25, 0.3) is 0 Å². The summed E-state index contributed by atoms with van der Waals surface area (Å²) in [7, 11) is 0. The summed E-state index contributed by atoms with van der Waals surface area (Å²) in [5, 5.41) is 0. The SMILES string of the molecule is CCC(=O)N1CCC[C@@H]1[C@@H](CC)c1ccccc1. The van der Waals surface area contributed by atoms with Gasteiger partial charge in [0.05, 0.1) is 0 Å². The van der Waals surface area contributed by atoms with Crippen LogP contribution in [0.15, 0.2) is 30.3 Å². The van der Waals surface area contributed by atoms with E-state index in [-0.39, 0.29) is 0 Å². The van der Waals surface area contributed by atoms with Gasteiger partial charge in [0.2, 0.25) is 5.91 Å². The third kappa shape index (κ3) is 2.58. The minimum absolute atomic E-state index is 0.312. The Morgan fingerprint density at radius 1 is 1.33 bits per heavy atom. The third-order valence-corrected chi connectivity index (χ3v) is 4.05. The lowest BCUT2D eigenvalue weighted by molar-refractivity contribution is -0.132. The Hall–Kier alpha value is -1.31. The van der Waals surface area contributed by atoms with Gasteiger partial charge in [-0.25, -0.2) is 0 Å². The number of benzene rings is 1. The van der Waals surface area contributed by atoms with Gasteiger partial charge in [-0.3, -0.25) is 4.79 Å². The second kappa shape index (κ2) is 6.03. The van der Waals surface area contributed by atoms with E-state index >= 15 is 0 Å². The molecule has 1 aromatic rings. The molecule has 0 radical (unpaired) electrons. The third-order valence-electron chi connectivity index (χ3n) is 4.05. The standard InChI is InChI=1S/C16H23NO/c1-3-14(13-9-6-5-7-10-13)15-11-8-12-17(15)16(18)4-2/h5-7,9-10,14-15H,3-4,8,11-12H2,1-2H3/t14-,15+/m0/s1. The van der Waals surface area contributed by atoms with Crippen LogP contribution in [0.2, 0.25) is 0 Å². The molecule has 98 valence electrons. The van der Waals surface area contributed by atoms with Crippen molar-refractivity contribution in [2.45, 2.75) is 51.5 Å². The first kappa shape index (κ1) is 13.1. The van der Waals surface area contributed by atoms with E-state index in [2.05, 4.69) is 42.2 Å². The van der Waals surface area contributed by atoms with Crippen molar-refractivity contribution < 1.29 is 4.79 Å². The molecule has 2 rings (SSSR count). The summed E-state index contributed by atoms with van der Waals surface area (Å²) in [6, 6.07) is 11.0. The number of hydrogen-bond acceptors (Lipinski definition) is 1. The lowest BCUT2D eigenvalue weighted by atomic mass is 9.87. The molecule has 0 aliphatic carbocycles. The first-order valence-electron chi connectivity index (χ1n) is 7.12. The summed E-state index contributed by atoms with van der Waals surface area (Å²) in [6.45, 7) is 5.13. The summed E-state index contributed by atoms with van der Waals surface area (Å²) in [6.07, 6.45) is 4.03. The van der Waals surface area contributed by atoms with Crippen molar-refractivity contribution in [3.8, 4) is 0 Å². The van der Waals surface area contributed by atoms with E-state index in [1.165, 1.54) is 5.56 Å². The normalized spacial score (nSPS) is 21.0. The van der Waals surface area contributed by atoms with Gasteiger partial charge in [0.1, 0.15) is 0 Å². The Kier molecular flexibility index (Phi) is 4.40. The van der Waals surface area contributed by atoms with Crippen LogP contribution in [0, 0.1) is 0 Å². The Bertz CT molecular complexity index is 387. The van der Waals surface area contributed by atoms with Crippen molar-refractivity contribution in [1.82, 2.24) is 4.90 Å². The summed E-state index contributed by atoms with van der Waals surface area (Å²) < 4.78 is 0. The topological polar surface area (TPSA) is 20.3 Å². The van der Waals surface area contributed by atoms with Crippen LogP contribution in [-0.4, -0.2) is 23.4 Å². The molecule has 1 saturated heterocycles. The van der Waals surface area contributed by atoms with E-state index in [0.29, 0.717) is 24.3 Å². The van der Waals surface area contributed by atoms with E-state index in [1.807, 2.05) is 6.92 Å². The molecule has 0 spiro atoms. The molecule has 1 aromatic carbocycles. The van der Waals surface area contributed by atoms with Gasteiger partial charge in [0, 0.05) is 24.9 Å². The summed E-state index contributed by atoms with van der Waals surface area (Å²) in [5.74, 6) is 0.802. The maximum Gasteiger partial charge on any atom is 0.222 e. The maximum atomic E-state index is 12.0. The fraction of sp³-hybridized carbons (Fsp3) is 0.562. The Labute approximate surface area is 110 Å². The molecular formula is C16H23NO. The molecule has 1 aliphatic heterocycles. The van der Waals surface area contributed by atoms with E-state index in [9.17, 15) is 4.79 Å². The van der Waals surface area contributed by atoms with Gasteiger partial charge in [-0.15, -0.1) is 0 Å². The molecule has 2 heteroatoms. The van der Waals surface area contributed by atoms with Gasteiger partial charge >= 0.3 is 0 Å². The van der Waals surface area contributed by atoms with Crippen LogP contribution in [0.3, 0.4) is 0 Å². The average Bonchev–Trinajstić information content (AvgIpc) is 2.89. The highest BCUT2D eigenvalue weighted by Gasteiger charge is 2.33. The van der Waals surface area contributed by atoms with Crippen LogP contribution in [0.4, 0.5) is 0 Å². The number of nitrogens with zero attached hydrogens (tertiary/aromatic N) is 1. The van der Waals surface area contributed by atoms with Gasteiger partial charge in [-0.2, -0.15) is 0 Å². The molecule has 0 saturated carbocycles. The second-order valence-corrected chi connectivity index (χ2v) is 5.08. The second-order valence-electron chi connectivity index (χ2n) is 5.08. The number of rotatable bonds is 4. The highest BCUT2D eigenvalue weighted by Crippen LogP contribution is 2.33. The predicted octanol–water partition coefficient (Wildman–Crippen LogP) is 3.58. The van der Waals surface area contributed by atoms with Gasteiger partial charge < -0.3 is 4.90 Å². The van der Waals surface area contributed by atoms with Crippen LogP contribution in [0.25, 0.3) is 0 Å². The Balaban J connectivity index is 2.19. The highest BCUT2D eigenvalue weighted by molar-refractivity contribution is 5.76. The van der Waals surface area contributed by atoms with Gasteiger partial charge in [0.15, 0.2) is 0 Å². The lowest BCUT2D eigenvalue weighted by Crippen LogP contribution is -2.38. The zero-order valence-electron chi connectivity index (χ0n) is 11.4. The molecule has 1 amide bonds. The van der Waals surface area contributed by atoms with Crippen molar-refractivity contribution in [3.05, 3.63) is 35.9 Å². The number of hydrogen-bond donors (Lipinski definition) is 0. The van der Waals surface area contributed by atoms with E-state index < -0.39 is 0 Å². The Morgan fingerprint density at radius 2 is 2.06 bits per heavy atom. The zero-order valence-corrected chi connectivity index (χ0v) is 11.4. The molecule has 0 unspecified atom stereocenters. The van der Waals surface area contributed by atoms with E-state index in [1.54, 1.807) is 0 Å². The minimum Gasteiger partial charge on any atom is -0.339 e. The summed E-state index contributed by atoms with van der Waals surface area (Å²) in [5.41, 5.74) is 1.38. The molecule has 1 heterocycles. The van der Waals surface area contributed by atoms with Crippen molar-refractivity contribution >= 4 is 5.91 Å². The van der Waals surface area contributed by atoms with Crippen LogP contribution in [-0.2, 0) is 4.79 Å². The number of carbonyl (C=O) groups excluding carboxylic acids is 1. The lowest BCUT2D eigenvalue weighted by Gasteiger charge is -2.31. The molecule has 18 heavy (non-hydrogen) atoms. The molecule has 2 nitrogen and oxygen atoms in total. The van der Waals surface area contributed by atoms with Crippen molar-refractivity contribution in [3.63, 3.8) is 0 Å². The van der Waals surface area contributed by atoms with Crippen LogP contribution < -0.4 is 0 Å². The maximum absolute atomic E-state index is 12.0. The highest BCUT2D eigenvalue weighted by atomic mass is 16.2. The zero-order chi connectivity index (χ0) is 13.0. The fourth-order valence-electron chi connectivity index (χ4n) is 3.15. The van der Waals surface area contributed by atoms with Crippen LogP contribution in [0.1, 0.15) is 51.0 Å². The van der Waals surface area contributed by atoms with Gasteiger partial charge in [-0.05, 0) is 24.8 Å². The number of likely N-dealkylation sites (tertiary alicyclic amines) is 1. The molecule has 2 atom stereocenters. The molecule has 0 N–H and O–H groups in total. The quantitative estimate of drug-likeness (QED) is 0.794. The van der Waals surface area contributed by atoms with Crippen molar-refractivity contribution in [2.75, 3.05) is 6.54 Å². The van der Waals surface area contributed by atoms with E-state index in [4.69, 9.17) is 0 Å². The number of carbonyl (C=O) groups is 1. The smallest absolute Gasteiger partial charge is 0.222 e. The molecular weight excluding hydrogens is 222 g/mol. The fourth-order valence-corrected chi connectivity index (χ4v) is 3.15. The van der Waals surface area contributed by atoms with Crippen molar-refractivity contribution in [1.29, 1.82) is 0 Å². The predicted molar refractivity (Wildman–Crippen MR) is 74.5 cm³/mol. The van der Waals surface area contributed by atoms with Gasteiger partial charge in [-0.1, -0.05) is 44.2 Å². The minimum atomic E-state index is 0.312. The first-order valence-corrected chi connectivity index (χ1v) is 7.12. The monoisotopic (exact) mass is 245 g/mol. The van der Waals surface area contributed by atoms with E-state index in [0.717, 1.165) is 25.8 Å². The van der Waals surface area contributed by atoms with Crippen LogP contribution in [0.5, 0.6) is 0 Å². The average molecular weight is 245 g/mol. The molecule has 0 aromatic heterocycles. The number of amides is 1. The molecule has 1 aliphatic rings. The molecule has 1 fully saturated rings. The van der Waals surface area contributed by atoms with Crippen LogP contribution >= 0.6 is 0 Å². The summed E-state index contributed by atoms with van der Waals surface area (Å²) >= 11 is 0. The van der Waals surface area contributed by atoms with Crippen molar-refractivity contribution in [2.24, 2.45) is 0 Å². The summed E-state index contributed by atoms with van der Waals surface area (Å²) in [4.78, 5) is 14.1.